The number of carbonyl (C=O) groups is 2. The van der Waals surface area contributed by atoms with Crippen LogP contribution in [0.1, 0.15) is 30.6 Å². The molecule has 2 rings (SSSR count). The maximum atomic E-state index is 12.4. The Morgan fingerprint density at radius 1 is 1.35 bits per heavy atom. The number of amides is 1. The first-order chi connectivity index (χ1) is 9.54. The van der Waals surface area contributed by atoms with Gasteiger partial charge in [0.25, 0.3) is 5.91 Å². The van der Waals surface area contributed by atoms with Gasteiger partial charge in [0, 0.05) is 12.1 Å². The van der Waals surface area contributed by atoms with Gasteiger partial charge in [0.1, 0.15) is 11.8 Å². The third kappa shape index (κ3) is 2.76. The summed E-state index contributed by atoms with van der Waals surface area (Å²) in [6, 6.07) is 6.08. The van der Waals surface area contributed by atoms with E-state index in [1.54, 1.807) is 24.3 Å². The number of rotatable bonds is 4. The first-order valence-electron chi connectivity index (χ1n) is 6.81. The number of carboxylic acids is 1. The van der Waals surface area contributed by atoms with Crippen molar-refractivity contribution >= 4 is 11.9 Å². The van der Waals surface area contributed by atoms with E-state index < -0.39 is 12.0 Å². The summed E-state index contributed by atoms with van der Waals surface area (Å²) in [6.45, 7) is 4.81. The molecule has 0 saturated carbocycles. The van der Waals surface area contributed by atoms with Gasteiger partial charge >= 0.3 is 5.97 Å². The first kappa shape index (κ1) is 14.4. The third-order valence-electron chi connectivity index (χ3n) is 3.63. The molecule has 1 heterocycles. The average Bonchev–Trinajstić information content (AvgIpc) is 2.81. The van der Waals surface area contributed by atoms with Crippen molar-refractivity contribution in [2.75, 3.05) is 13.2 Å². The van der Waals surface area contributed by atoms with Crippen LogP contribution in [0.3, 0.4) is 0 Å². The van der Waals surface area contributed by atoms with E-state index >= 15 is 0 Å². The number of likely N-dealkylation sites (tertiary alicyclic amines) is 1. The van der Waals surface area contributed by atoms with E-state index in [0.717, 1.165) is 6.42 Å². The summed E-state index contributed by atoms with van der Waals surface area (Å²) in [4.78, 5) is 25.1. The SMILES string of the molecule is CCOc1ccc(C(=O)N2CCC(C)C2C(=O)O)cc1. The van der Waals surface area contributed by atoms with Crippen LogP contribution < -0.4 is 4.74 Å². The zero-order valence-electron chi connectivity index (χ0n) is 11.7. The average molecular weight is 277 g/mol. The Hall–Kier alpha value is -2.04. The quantitative estimate of drug-likeness (QED) is 0.914. The molecule has 1 aliphatic heterocycles. The largest absolute Gasteiger partial charge is 0.494 e. The van der Waals surface area contributed by atoms with Gasteiger partial charge in [0.05, 0.1) is 6.61 Å². The van der Waals surface area contributed by atoms with Crippen LogP contribution in [0.4, 0.5) is 0 Å². The molecule has 1 aromatic rings. The molecule has 1 aromatic carbocycles. The third-order valence-corrected chi connectivity index (χ3v) is 3.63. The second kappa shape index (κ2) is 5.94. The Morgan fingerprint density at radius 2 is 2.00 bits per heavy atom. The summed E-state index contributed by atoms with van der Waals surface area (Å²) in [6.07, 6.45) is 0.722. The lowest BCUT2D eigenvalue weighted by atomic mass is 10.0. The molecule has 5 heteroatoms. The fraction of sp³-hybridized carbons (Fsp3) is 0.467. The lowest BCUT2D eigenvalue weighted by molar-refractivity contribution is -0.142. The fourth-order valence-electron chi connectivity index (χ4n) is 2.58. The maximum absolute atomic E-state index is 12.4. The second-order valence-electron chi connectivity index (χ2n) is 5.00. The molecule has 20 heavy (non-hydrogen) atoms. The molecule has 2 atom stereocenters. The number of carbonyl (C=O) groups excluding carboxylic acids is 1. The van der Waals surface area contributed by atoms with Crippen molar-refractivity contribution in [1.82, 2.24) is 4.90 Å². The maximum Gasteiger partial charge on any atom is 0.326 e. The van der Waals surface area contributed by atoms with Gasteiger partial charge in [0.15, 0.2) is 0 Å². The highest BCUT2D eigenvalue weighted by Crippen LogP contribution is 2.26. The van der Waals surface area contributed by atoms with E-state index in [1.165, 1.54) is 4.90 Å². The minimum absolute atomic E-state index is 0.0147. The van der Waals surface area contributed by atoms with Crippen molar-refractivity contribution in [3.05, 3.63) is 29.8 Å². The molecule has 108 valence electrons. The van der Waals surface area contributed by atoms with Crippen LogP contribution in [-0.2, 0) is 4.79 Å². The normalized spacial score (nSPS) is 21.8. The number of aliphatic carboxylic acids is 1. The number of nitrogens with zero attached hydrogens (tertiary/aromatic N) is 1. The van der Waals surface area contributed by atoms with E-state index in [0.29, 0.717) is 24.5 Å². The molecule has 0 radical (unpaired) electrons. The van der Waals surface area contributed by atoms with E-state index in [4.69, 9.17) is 4.74 Å². The summed E-state index contributed by atoms with van der Waals surface area (Å²) in [5.74, 6) is -0.480. The van der Waals surface area contributed by atoms with Crippen molar-refractivity contribution in [3.8, 4) is 5.75 Å². The fourth-order valence-corrected chi connectivity index (χ4v) is 2.58. The van der Waals surface area contributed by atoms with Crippen LogP contribution in [0.2, 0.25) is 0 Å². The Balaban J connectivity index is 2.16. The van der Waals surface area contributed by atoms with Crippen LogP contribution in [0.25, 0.3) is 0 Å². The molecule has 1 aliphatic rings. The Bertz CT molecular complexity index is 497. The summed E-state index contributed by atoms with van der Waals surface area (Å²) in [7, 11) is 0. The predicted octanol–water partition coefficient (Wildman–Crippen LogP) is 2.02. The molecule has 1 N–H and O–H groups in total. The van der Waals surface area contributed by atoms with E-state index in [1.807, 2.05) is 13.8 Å². The predicted molar refractivity (Wildman–Crippen MR) is 73.9 cm³/mol. The van der Waals surface area contributed by atoms with Gasteiger partial charge in [0.2, 0.25) is 0 Å². The van der Waals surface area contributed by atoms with Crippen LogP contribution in [0.15, 0.2) is 24.3 Å². The van der Waals surface area contributed by atoms with Crippen molar-refractivity contribution in [2.24, 2.45) is 5.92 Å². The molecule has 0 spiro atoms. The number of carboxylic acid groups (broad SMARTS) is 1. The molecule has 0 aliphatic carbocycles. The molecule has 0 aromatic heterocycles. The Labute approximate surface area is 118 Å². The number of hydrogen-bond donors (Lipinski definition) is 1. The lowest BCUT2D eigenvalue weighted by Gasteiger charge is -2.23. The zero-order chi connectivity index (χ0) is 14.7. The van der Waals surface area contributed by atoms with Crippen molar-refractivity contribution < 1.29 is 19.4 Å². The molecule has 2 unspecified atom stereocenters. The standard InChI is InChI=1S/C15H19NO4/c1-3-20-12-6-4-11(5-7-12)14(17)16-9-8-10(2)13(16)15(18)19/h4-7,10,13H,3,8-9H2,1-2H3,(H,18,19). The number of hydrogen-bond acceptors (Lipinski definition) is 3. The molecule has 5 nitrogen and oxygen atoms in total. The number of ether oxygens (including phenoxy) is 1. The molecular weight excluding hydrogens is 258 g/mol. The Kier molecular flexibility index (Phi) is 4.27. The summed E-state index contributed by atoms with van der Waals surface area (Å²) in [5, 5.41) is 9.25. The van der Waals surface area contributed by atoms with Gasteiger partial charge in [-0.3, -0.25) is 4.79 Å². The summed E-state index contributed by atoms with van der Waals surface area (Å²) in [5.41, 5.74) is 0.494. The second-order valence-corrected chi connectivity index (χ2v) is 5.00. The van der Waals surface area contributed by atoms with Gasteiger partial charge in [-0.05, 0) is 43.5 Å². The van der Waals surface area contributed by atoms with Gasteiger partial charge in [-0.2, -0.15) is 0 Å². The molecular formula is C15H19NO4. The first-order valence-corrected chi connectivity index (χ1v) is 6.81. The molecule has 1 amide bonds. The van der Waals surface area contributed by atoms with Crippen molar-refractivity contribution in [3.63, 3.8) is 0 Å². The van der Waals surface area contributed by atoms with Crippen LogP contribution in [0, 0.1) is 5.92 Å². The zero-order valence-corrected chi connectivity index (χ0v) is 11.7. The minimum atomic E-state index is -0.936. The van der Waals surface area contributed by atoms with E-state index in [9.17, 15) is 14.7 Å². The van der Waals surface area contributed by atoms with Gasteiger partial charge in [-0.15, -0.1) is 0 Å². The molecule has 0 bridgehead atoms. The Morgan fingerprint density at radius 3 is 2.55 bits per heavy atom. The van der Waals surface area contributed by atoms with E-state index in [-0.39, 0.29) is 11.8 Å². The minimum Gasteiger partial charge on any atom is -0.494 e. The molecule has 1 fully saturated rings. The monoisotopic (exact) mass is 277 g/mol. The van der Waals surface area contributed by atoms with Gasteiger partial charge in [-0.1, -0.05) is 6.92 Å². The summed E-state index contributed by atoms with van der Waals surface area (Å²) < 4.78 is 5.32. The molecule has 1 saturated heterocycles. The number of benzene rings is 1. The van der Waals surface area contributed by atoms with Crippen LogP contribution in [-0.4, -0.2) is 41.1 Å². The highest BCUT2D eigenvalue weighted by molar-refractivity contribution is 5.97. The lowest BCUT2D eigenvalue weighted by Crippen LogP contribution is -2.42. The topological polar surface area (TPSA) is 66.8 Å². The smallest absolute Gasteiger partial charge is 0.326 e. The van der Waals surface area contributed by atoms with Crippen molar-refractivity contribution in [1.29, 1.82) is 0 Å². The van der Waals surface area contributed by atoms with E-state index in [2.05, 4.69) is 0 Å². The van der Waals surface area contributed by atoms with Crippen molar-refractivity contribution in [2.45, 2.75) is 26.3 Å². The van der Waals surface area contributed by atoms with Gasteiger partial charge in [-0.25, -0.2) is 4.79 Å². The van der Waals surface area contributed by atoms with Crippen LogP contribution in [0.5, 0.6) is 5.75 Å². The highest BCUT2D eigenvalue weighted by Gasteiger charge is 2.39. The van der Waals surface area contributed by atoms with Gasteiger partial charge < -0.3 is 14.7 Å². The summed E-state index contributed by atoms with van der Waals surface area (Å²) >= 11 is 0. The van der Waals surface area contributed by atoms with Crippen LogP contribution >= 0.6 is 0 Å². The highest BCUT2D eigenvalue weighted by atomic mass is 16.5.